The van der Waals surface area contributed by atoms with Crippen molar-refractivity contribution in [1.29, 1.82) is 0 Å². The standard InChI is InChI=1S/C7H8F2N2O2/c8-7(9)3-1-5(12)6(13)4(2-10)11-3/h1,7,13H,2,10H2,(H,11,12). The van der Waals surface area contributed by atoms with Gasteiger partial charge in [0.2, 0.25) is 5.43 Å². The second kappa shape index (κ2) is 3.53. The molecular formula is C7H8F2N2O2. The fraction of sp³-hybridized carbons (Fsp3) is 0.286. The largest absolute Gasteiger partial charge is 0.503 e. The Kier molecular flexibility index (Phi) is 2.62. The Morgan fingerprint density at radius 2 is 2.23 bits per heavy atom. The first kappa shape index (κ1) is 9.66. The van der Waals surface area contributed by atoms with Gasteiger partial charge in [-0.3, -0.25) is 4.79 Å². The van der Waals surface area contributed by atoms with Gasteiger partial charge >= 0.3 is 0 Å². The van der Waals surface area contributed by atoms with Gasteiger partial charge in [0.15, 0.2) is 5.75 Å². The lowest BCUT2D eigenvalue weighted by atomic mass is 10.2. The van der Waals surface area contributed by atoms with Gasteiger partial charge in [0, 0.05) is 12.6 Å². The van der Waals surface area contributed by atoms with Crippen molar-refractivity contribution in [2.45, 2.75) is 13.0 Å². The van der Waals surface area contributed by atoms with Gasteiger partial charge in [-0.2, -0.15) is 0 Å². The van der Waals surface area contributed by atoms with E-state index in [2.05, 4.69) is 4.98 Å². The Morgan fingerprint density at radius 1 is 1.62 bits per heavy atom. The van der Waals surface area contributed by atoms with Crippen LogP contribution in [0.25, 0.3) is 0 Å². The summed E-state index contributed by atoms with van der Waals surface area (Å²) in [6.45, 7) is -0.193. The van der Waals surface area contributed by atoms with E-state index in [4.69, 9.17) is 10.8 Å². The lowest BCUT2D eigenvalue weighted by molar-refractivity contribution is 0.145. The molecule has 0 saturated carbocycles. The zero-order valence-electron chi connectivity index (χ0n) is 6.55. The molecule has 4 nitrogen and oxygen atoms in total. The maximum Gasteiger partial charge on any atom is 0.278 e. The number of H-pyrrole nitrogens is 1. The van der Waals surface area contributed by atoms with Crippen LogP contribution in [0.4, 0.5) is 8.78 Å². The molecule has 0 aliphatic rings. The molecular weight excluding hydrogens is 182 g/mol. The van der Waals surface area contributed by atoms with Gasteiger partial charge < -0.3 is 15.8 Å². The highest BCUT2D eigenvalue weighted by molar-refractivity contribution is 5.28. The van der Waals surface area contributed by atoms with Crippen LogP contribution in [0.15, 0.2) is 10.9 Å². The predicted molar refractivity (Wildman–Crippen MR) is 41.6 cm³/mol. The lowest BCUT2D eigenvalue weighted by Crippen LogP contribution is -2.11. The van der Waals surface area contributed by atoms with Gasteiger partial charge in [0.1, 0.15) is 0 Å². The van der Waals surface area contributed by atoms with Crippen molar-refractivity contribution in [2.75, 3.05) is 0 Å². The van der Waals surface area contributed by atoms with Crippen LogP contribution >= 0.6 is 0 Å². The first-order chi connectivity index (χ1) is 6.06. The summed E-state index contributed by atoms with van der Waals surface area (Å²) in [6, 6.07) is 0.652. The molecule has 0 amide bonds. The minimum Gasteiger partial charge on any atom is -0.503 e. The summed E-state index contributed by atoms with van der Waals surface area (Å²) in [5.41, 5.74) is 3.64. The van der Waals surface area contributed by atoms with E-state index in [-0.39, 0.29) is 12.2 Å². The normalized spacial score (nSPS) is 10.8. The zero-order valence-corrected chi connectivity index (χ0v) is 6.55. The third-order valence-corrected chi connectivity index (χ3v) is 1.54. The highest BCUT2D eigenvalue weighted by Gasteiger charge is 2.12. The molecule has 72 valence electrons. The summed E-state index contributed by atoms with van der Waals surface area (Å²) in [7, 11) is 0. The van der Waals surface area contributed by atoms with E-state index in [1.54, 1.807) is 0 Å². The van der Waals surface area contributed by atoms with Crippen LogP contribution in [0.1, 0.15) is 17.8 Å². The average Bonchev–Trinajstić information content (AvgIpc) is 2.09. The summed E-state index contributed by atoms with van der Waals surface area (Å²) in [5.74, 6) is -0.605. The zero-order chi connectivity index (χ0) is 10.0. The predicted octanol–water partition coefficient (Wildman–Crippen LogP) is 0.477. The van der Waals surface area contributed by atoms with E-state index >= 15 is 0 Å². The topological polar surface area (TPSA) is 79.1 Å². The Morgan fingerprint density at radius 3 is 2.69 bits per heavy atom. The molecule has 0 saturated heterocycles. The fourth-order valence-corrected chi connectivity index (χ4v) is 0.893. The molecule has 0 aliphatic heterocycles. The Bertz CT molecular complexity index is 362. The van der Waals surface area contributed by atoms with Crippen molar-refractivity contribution in [2.24, 2.45) is 5.73 Å². The number of alkyl halides is 2. The van der Waals surface area contributed by atoms with Crippen molar-refractivity contribution < 1.29 is 13.9 Å². The average molecular weight is 190 g/mol. The summed E-state index contributed by atoms with van der Waals surface area (Å²) in [6.07, 6.45) is -2.78. The molecule has 13 heavy (non-hydrogen) atoms. The molecule has 0 atom stereocenters. The number of hydrogen-bond donors (Lipinski definition) is 3. The van der Waals surface area contributed by atoms with Gasteiger partial charge in [-0.15, -0.1) is 0 Å². The first-order valence-corrected chi connectivity index (χ1v) is 3.49. The minimum atomic E-state index is -2.78. The van der Waals surface area contributed by atoms with Crippen LogP contribution in [0.3, 0.4) is 0 Å². The molecule has 0 aliphatic carbocycles. The van der Waals surface area contributed by atoms with Gasteiger partial charge in [-0.25, -0.2) is 8.78 Å². The van der Waals surface area contributed by atoms with Crippen LogP contribution in [0.2, 0.25) is 0 Å². The summed E-state index contributed by atoms with van der Waals surface area (Å²) >= 11 is 0. The Balaban J connectivity index is 3.31. The highest BCUT2D eigenvalue weighted by atomic mass is 19.3. The van der Waals surface area contributed by atoms with Gasteiger partial charge in [0.25, 0.3) is 6.43 Å². The van der Waals surface area contributed by atoms with Gasteiger partial charge in [0.05, 0.1) is 11.4 Å². The van der Waals surface area contributed by atoms with Crippen LogP contribution in [0.5, 0.6) is 5.75 Å². The molecule has 1 aromatic heterocycles. The Hall–Kier alpha value is -1.43. The van der Waals surface area contributed by atoms with Crippen LogP contribution in [-0.4, -0.2) is 10.1 Å². The molecule has 0 spiro atoms. The van der Waals surface area contributed by atoms with Crippen LogP contribution in [0, 0.1) is 0 Å². The van der Waals surface area contributed by atoms with Gasteiger partial charge in [-0.1, -0.05) is 0 Å². The molecule has 0 fully saturated rings. The smallest absolute Gasteiger partial charge is 0.278 e. The molecule has 1 rings (SSSR count). The maximum atomic E-state index is 12.1. The lowest BCUT2D eigenvalue weighted by Gasteiger charge is -2.04. The number of aromatic amines is 1. The number of halogens is 2. The third-order valence-electron chi connectivity index (χ3n) is 1.54. The van der Waals surface area contributed by atoms with Gasteiger partial charge in [-0.05, 0) is 0 Å². The van der Waals surface area contributed by atoms with Crippen molar-refractivity contribution >= 4 is 0 Å². The number of rotatable bonds is 2. The van der Waals surface area contributed by atoms with E-state index in [1.807, 2.05) is 0 Å². The SMILES string of the molecule is NCc1[nH]c(C(F)F)cc(=O)c1O. The number of aromatic nitrogens is 1. The van der Waals surface area contributed by atoms with E-state index in [0.29, 0.717) is 6.07 Å². The molecule has 4 N–H and O–H groups in total. The van der Waals surface area contributed by atoms with E-state index < -0.39 is 23.3 Å². The molecule has 0 bridgehead atoms. The van der Waals surface area contributed by atoms with E-state index in [0.717, 1.165) is 0 Å². The number of pyridine rings is 1. The minimum absolute atomic E-state index is 0.0807. The molecule has 1 heterocycles. The number of nitrogens with one attached hydrogen (secondary N) is 1. The number of hydrogen-bond acceptors (Lipinski definition) is 3. The second-order valence-corrected chi connectivity index (χ2v) is 2.42. The second-order valence-electron chi connectivity index (χ2n) is 2.42. The molecule has 0 unspecified atom stereocenters. The fourth-order valence-electron chi connectivity index (χ4n) is 0.893. The molecule has 0 aromatic carbocycles. The van der Waals surface area contributed by atoms with Crippen molar-refractivity contribution in [1.82, 2.24) is 4.98 Å². The monoisotopic (exact) mass is 190 g/mol. The number of nitrogens with two attached hydrogens (primary N) is 1. The molecule has 0 radical (unpaired) electrons. The maximum absolute atomic E-state index is 12.1. The molecule has 1 aromatic rings. The first-order valence-electron chi connectivity index (χ1n) is 3.49. The third kappa shape index (κ3) is 1.83. The molecule has 6 heteroatoms. The van der Waals surface area contributed by atoms with Crippen molar-refractivity contribution in [3.05, 3.63) is 27.7 Å². The quantitative estimate of drug-likeness (QED) is 0.634. The number of aromatic hydroxyl groups is 1. The summed E-state index contributed by atoms with van der Waals surface area (Å²) < 4.78 is 24.2. The highest BCUT2D eigenvalue weighted by Crippen LogP contribution is 2.17. The summed E-state index contributed by atoms with van der Waals surface area (Å²) in [5, 5.41) is 9.04. The van der Waals surface area contributed by atoms with Crippen molar-refractivity contribution in [3.63, 3.8) is 0 Å². The van der Waals surface area contributed by atoms with Crippen LogP contribution < -0.4 is 11.2 Å². The Labute approximate surface area is 72.0 Å². The van der Waals surface area contributed by atoms with E-state index in [9.17, 15) is 13.6 Å². The van der Waals surface area contributed by atoms with Crippen LogP contribution in [-0.2, 0) is 6.54 Å². The van der Waals surface area contributed by atoms with E-state index in [1.165, 1.54) is 0 Å². The van der Waals surface area contributed by atoms with Crippen molar-refractivity contribution in [3.8, 4) is 5.75 Å². The summed E-state index contributed by atoms with van der Waals surface area (Å²) in [4.78, 5) is 13.0.